The maximum atomic E-state index is 14.3. The number of nitrogens with zero attached hydrogens (tertiary/aromatic N) is 1. The Morgan fingerprint density at radius 3 is 2.53 bits per heavy atom. The molecule has 0 bridgehead atoms. The zero-order valence-electron chi connectivity index (χ0n) is 18.3. The lowest BCUT2D eigenvalue weighted by Gasteiger charge is -2.12. The van der Waals surface area contributed by atoms with Crippen molar-refractivity contribution in [1.29, 1.82) is 0 Å². The molecule has 0 radical (unpaired) electrons. The lowest BCUT2D eigenvalue weighted by molar-refractivity contribution is -0.141. The summed E-state index contributed by atoms with van der Waals surface area (Å²) in [7, 11) is -3.76. The highest BCUT2D eigenvalue weighted by Crippen LogP contribution is 2.32. The van der Waals surface area contributed by atoms with Crippen LogP contribution in [0, 0.1) is 18.2 Å². The van der Waals surface area contributed by atoms with Gasteiger partial charge in [-0.15, -0.1) is 18.2 Å². The van der Waals surface area contributed by atoms with Crippen molar-refractivity contribution in [2.45, 2.75) is 36.8 Å². The van der Waals surface area contributed by atoms with Crippen LogP contribution in [0.1, 0.15) is 36.2 Å². The summed E-state index contributed by atoms with van der Waals surface area (Å²) in [5.74, 6) is 0.681. The SMILES string of the molecule is C#Cc1cc(CNC(=O)C=Cc2ccc(C(F)(F)F)nc2SC(C)C)cc(F)c1NS(C)(=O)=O. The number of carbonyl (C=O) groups is 1. The van der Waals surface area contributed by atoms with Gasteiger partial charge in [0.2, 0.25) is 15.9 Å². The average molecular weight is 516 g/mol. The average Bonchev–Trinajstić information content (AvgIpc) is 2.70. The van der Waals surface area contributed by atoms with E-state index in [0.29, 0.717) is 5.56 Å². The summed E-state index contributed by atoms with van der Waals surface area (Å²) in [6.07, 6.45) is 4.04. The second-order valence-electron chi connectivity index (χ2n) is 7.33. The molecule has 34 heavy (non-hydrogen) atoms. The van der Waals surface area contributed by atoms with E-state index in [4.69, 9.17) is 6.42 Å². The fraction of sp³-hybridized carbons (Fsp3) is 0.273. The largest absolute Gasteiger partial charge is 0.433 e. The summed E-state index contributed by atoms with van der Waals surface area (Å²) in [6, 6.07) is 4.43. The molecule has 0 aliphatic heterocycles. The molecule has 0 fully saturated rings. The molecule has 0 aliphatic carbocycles. The molecular formula is C22H21F4N3O3S2. The molecular weight excluding hydrogens is 494 g/mol. The van der Waals surface area contributed by atoms with E-state index in [1.165, 1.54) is 18.2 Å². The first-order valence-electron chi connectivity index (χ1n) is 9.67. The number of carbonyl (C=O) groups excluding carboxylic acids is 1. The molecule has 2 rings (SSSR count). The van der Waals surface area contributed by atoms with Gasteiger partial charge in [-0.1, -0.05) is 25.8 Å². The number of benzene rings is 1. The zero-order chi connectivity index (χ0) is 25.7. The number of nitrogens with one attached hydrogen (secondary N) is 2. The zero-order valence-corrected chi connectivity index (χ0v) is 20.0. The summed E-state index contributed by atoms with van der Waals surface area (Å²) >= 11 is 1.12. The number of amides is 1. The van der Waals surface area contributed by atoms with Crippen molar-refractivity contribution in [3.05, 3.63) is 58.5 Å². The third-order valence-electron chi connectivity index (χ3n) is 4.00. The molecule has 6 nitrogen and oxygen atoms in total. The van der Waals surface area contributed by atoms with Crippen LogP contribution in [0.25, 0.3) is 6.08 Å². The fourth-order valence-corrected chi connectivity index (χ4v) is 4.08. The number of halogens is 4. The van der Waals surface area contributed by atoms with E-state index in [1.54, 1.807) is 13.8 Å². The Hall–Kier alpha value is -3.04. The molecule has 0 saturated carbocycles. The molecule has 2 aromatic rings. The van der Waals surface area contributed by atoms with Gasteiger partial charge in [0.15, 0.2) is 0 Å². The quantitative estimate of drug-likeness (QED) is 0.235. The maximum absolute atomic E-state index is 14.3. The van der Waals surface area contributed by atoms with Crippen LogP contribution in [0.5, 0.6) is 0 Å². The van der Waals surface area contributed by atoms with Crippen LogP contribution in [0.2, 0.25) is 0 Å². The van der Waals surface area contributed by atoms with Gasteiger partial charge < -0.3 is 5.32 Å². The van der Waals surface area contributed by atoms with Gasteiger partial charge in [0.25, 0.3) is 0 Å². The van der Waals surface area contributed by atoms with Crippen LogP contribution >= 0.6 is 11.8 Å². The van der Waals surface area contributed by atoms with E-state index in [1.807, 2.05) is 4.72 Å². The Bertz CT molecular complexity index is 1250. The minimum atomic E-state index is -4.59. The lowest BCUT2D eigenvalue weighted by atomic mass is 10.1. The highest BCUT2D eigenvalue weighted by Gasteiger charge is 2.33. The van der Waals surface area contributed by atoms with Crippen LogP contribution < -0.4 is 10.0 Å². The Balaban J connectivity index is 2.17. The summed E-state index contributed by atoms with van der Waals surface area (Å²) in [4.78, 5) is 15.9. The monoisotopic (exact) mass is 515 g/mol. The first-order chi connectivity index (χ1) is 15.7. The van der Waals surface area contributed by atoms with Gasteiger partial charge in [-0.2, -0.15) is 13.2 Å². The van der Waals surface area contributed by atoms with E-state index in [9.17, 15) is 30.8 Å². The van der Waals surface area contributed by atoms with Crippen LogP contribution in [0.4, 0.5) is 23.2 Å². The van der Waals surface area contributed by atoms with E-state index < -0.39 is 33.6 Å². The van der Waals surface area contributed by atoms with Crippen LogP contribution in [-0.4, -0.2) is 30.8 Å². The Kier molecular flexibility index (Phi) is 8.74. The van der Waals surface area contributed by atoms with Gasteiger partial charge in [-0.05, 0) is 29.8 Å². The molecule has 0 saturated heterocycles. The van der Waals surface area contributed by atoms with Crippen molar-refractivity contribution in [1.82, 2.24) is 10.3 Å². The third-order valence-corrected chi connectivity index (χ3v) is 5.60. The Morgan fingerprint density at radius 2 is 1.97 bits per heavy atom. The normalized spacial score (nSPS) is 12.1. The van der Waals surface area contributed by atoms with E-state index in [-0.39, 0.29) is 33.6 Å². The number of hydrogen-bond donors (Lipinski definition) is 2. The first kappa shape index (κ1) is 27.2. The third kappa shape index (κ3) is 8.07. The smallest absolute Gasteiger partial charge is 0.348 e. The van der Waals surface area contributed by atoms with Crippen molar-refractivity contribution in [3.63, 3.8) is 0 Å². The molecule has 0 aliphatic rings. The molecule has 0 spiro atoms. The molecule has 1 amide bonds. The standard InChI is InChI=1S/C22H21F4N3O3S2/c1-5-15-10-14(11-17(23)20(15)29-34(4,31)32)12-27-19(30)9-7-16-6-8-18(22(24,25)26)28-21(16)33-13(2)3/h1,6-11,13,29H,12H2,2-4H3,(H,27,30). The number of alkyl halides is 3. The molecule has 1 aromatic carbocycles. The predicted octanol–water partition coefficient (Wildman–Crippen LogP) is 4.42. The molecule has 182 valence electrons. The van der Waals surface area contributed by atoms with E-state index in [2.05, 4.69) is 16.2 Å². The Morgan fingerprint density at radius 1 is 1.29 bits per heavy atom. The van der Waals surface area contributed by atoms with Crippen molar-refractivity contribution < 1.29 is 30.8 Å². The Labute approximate surface area is 199 Å². The summed E-state index contributed by atoms with van der Waals surface area (Å²) in [6.45, 7) is 3.47. The number of thioether (sulfide) groups is 1. The van der Waals surface area contributed by atoms with Crippen LogP contribution in [0.3, 0.4) is 0 Å². The van der Waals surface area contributed by atoms with Gasteiger partial charge in [0.05, 0.1) is 17.5 Å². The topological polar surface area (TPSA) is 88.2 Å². The summed E-state index contributed by atoms with van der Waals surface area (Å²) in [5.41, 5.74) is -0.837. The van der Waals surface area contributed by atoms with Crippen molar-refractivity contribution in [3.8, 4) is 12.3 Å². The van der Waals surface area contributed by atoms with Crippen LogP contribution in [-0.2, 0) is 27.5 Å². The summed E-state index contributed by atoms with van der Waals surface area (Å²) < 4.78 is 78.1. The second kappa shape index (κ2) is 10.9. The molecule has 1 aromatic heterocycles. The maximum Gasteiger partial charge on any atom is 0.433 e. The van der Waals surface area contributed by atoms with Crippen molar-refractivity contribution >= 4 is 39.5 Å². The lowest BCUT2D eigenvalue weighted by Crippen LogP contribution is -2.21. The van der Waals surface area contributed by atoms with Gasteiger partial charge in [0.1, 0.15) is 16.5 Å². The van der Waals surface area contributed by atoms with Crippen molar-refractivity contribution in [2.24, 2.45) is 0 Å². The molecule has 0 unspecified atom stereocenters. The highest BCUT2D eigenvalue weighted by molar-refractivity contribution is 7.99. The number of terminal acetylenes is 1. The molecule has 12 heteroatoms. The molecule has 1 heterocycles. The highest BCUT2D eigenvalue weighted by atomic mass is 32.2. The number of rotatable bonds is 8. The number of pyridine rings is 1. The van der Waals surface area contributed by atoms with Gasteiger partial charge in [0, 0.05) is 23.4 Å². The fourth-order valence-electron chi connectivity index (χ4n) is 2.64. The predicted molar refractivity (Wildman–Crippen MR) is 124 cm³/mol. The number of aromatic nitrogens is 1. The molecule has 0 atom stereocenters. The van der Waals surface area contributed by atoms with Crippen LogP contribution in [0.15, 0.2) is 35.4 Å². The van der Waals surface area contributed by atoms with Gasteiger partial charge in [-0.3, -0.25) is 9.52 Å². The van der Waals surface area contributed by atoms with E-state index in [0.717, 1.165) is 36.2 Å². The van der Waals surface area contributed by atoms with Gasteiger partial charge >= 0.3 is 6.18 Å². The van der Waals surface area contributed by atoms with Crippen molar-refractivity contribution in [2.75, 3.05) is 11.0 Å². The number of sulfonamides is 1. The minimum absolute atomic E-state index is 0.0441. The minimum Gasteiger partial charge on any atom is -0.348 e. The summed E-state index contributed by atoms with van der Waals surface area (Å²) in [5, 5.41) is 2.59. The second-order valence-corrected chi connectivity index (χ2v) is 10.6. The molecule has 2 N–H and O–H groups in total. The number of anilines is 1. The van der Waals surface area contributed by atoms with Gasteiger partial charge in [-0.25, -0.2) is 17.8 Å². The number of hydrogen-bond acceptors (Lipinski definition) is 5. The first-order valence-corrected chi connectivity index (χ1v) is 12.4. The van der Waals surface area contributed by atoms with E-state index >= 15 is 0 Å².